The van der Waals surface area contributed by atoms with E-state index in [0.717, 1.165) is 67.4 Å². The number of carbonyl (C=O) groups excluding carboxylic acids is 1. The maximum absolute atomic E-state index is 14.3. The quantitative estimate of drug-likeness (QED) is 0.198. The number of halogens is 2. The second kappa shape index (κ2) is 12.5. The Bertz CT molecular complexity index is 835. The van der Waals surface area contributed by atoms with E-state index in [1.165, 1.54) is 57.8 Å². The van der Waals surface area contributed by atoms with Crippen molar-refractivity contribution >= 4 is 5.97 Å². The van der Waals surface area contributed by atoms with Crippen LogP contribution in [0.15, 0.2) is 24.8 Å². The summed E-state index contributed by atoms with van der Waals surface area (Å²) in [7, 11) is 0. The zero-order chi connectivity index (χ0) is 24.8. The van der Waals surface area contributed by atoms with Crippen molar-refractivity contribution in [1.82, 2.24) is 0 Å². The topological polar surface area (TPSA) is 26.3 Å². The minimum absolute atomic E-state index is 0.0226. The van der Waals surface area contributed by atoms with Gasteiger partial charge < -0.3 is 4.74 Å². The molecule has 0 aromatic heterocycles. The van der Waals surface area contributed by atoms with E-state index in [0.29, 0.717) is 6.42 Å². The molecule has 4 unspecified atom stereocenters. The third-order valence-corrected chi connectivity index (χ3v) is 9.43. The fourth-order valence-corrected chi connectivity index (χ4v) is 7.36. The average molecular weight is 487 g/mol. The Labute approximate surface area is 210 Å². The summed E-state index contributed by atoms with van der Waals surface area (Å²) in [6.45, 7) is 5.89. The van der Waals surface area contributed by atoms with Crippen LogP contribution in [-0.4, -0.2) is 5.97 Å². The lowest BCUT2D eigenvalue weighted by Gasteiger charge is -2.45. The Hall–Kier alpha value is -1.71. The van der Waals surface area contributed by atoms with E-state index in [-0.39, 0.29) is 29.6 Å². The Morgan fingerprint density at radius 1 is 0.943 bits per heavy atom. The standard InChI is InChI=1S/C31H44F2O2/c1-3-5-7-21-9-10-26-18-25(16-15-24(26)17-21)22-11-13-23(14-12-22)31(34)35-27-19-29(32)28(8-6-4-2)30(33)20-27/h4,19-26H,2-3,5-18H2,1H3. The molecule has 0 N–H and O–H groups in total. The summed E-state index contributed by atoms with van der Waals surface area (Å²) in [6, 6.07) is 2.28. The molecular weight excluding hydrogens is 442 g/mol. The fourth-order valence-electron chi connectivity index (χ4n) is 7.36. The molecule has 0 spiro atoms. The van der Waals surface area contributed by atoms with Crippen molar-refractivity contribution in [1.29, 1.82) is 0 Å². The molecule has 2 nitrogen and oxygen atoms in total. The first-order chi connectivity index (χ1) is 17.0. The fraction of sp³-hybridized carbons (Fsp3) is 0.710. The van der Waals surface area contributed by atoms with E-state index >= 15 is 0 Å². The molecule has 4 heteroatoms. The van der Waals surface area contributed by atoms with Crippen LogP contribution in [0.2, 0.25) is 0 Å². The number of fused-ring (bicyclic) bond motifs is 1. The van der Waals surface area contributed by atoms with E-state index in [2.05, 4.69) is 13.5 Å². The van der Waals surface area contributed by atoms with Crippen molar-refractivity contribution < 1.29 is 18.3 Å². The highest BCUT2D eigenvalue weighted by molar-refractivity contribution is 5.75. The molecule has 0 amide bonds. The highest BCUT2D eigenvalue weighted by Gasteiger charge is 2.39. The van der Waals surface area contributed by atoms with Crippen molar-refractivity contribution in [2.24, 2.45) is 35.5 Å². The van der Waals surface area contributed by atoms with Gasteiger partial charge >= 0.3 is 5.97 Å². The van der Waals surface area contributed by atoms with Gasteiger partial charge in [0.05, 0.1) is 5.92 Å². The first-order valence-corrected chi connectivity index (χ1v) is 14.3. The number of allylic oxidation sites excluding steroid dienone is 1. The van der Waals surface area contributed by atoms with Gasteiger partial charge in [-0.05, 0) is 100 Å². The number of benzene rings is 1. The summed E-state index contributed by atoms with van der Waals surface area (Å²) < 4.78 is 34.1. The largest absolute Gasteiger partial charge is 0.426 e. The second-order valence-corrected chi connectivity index (χ2v) is 11.6. The monoisotopic (exact) mass is 486 g/mol. The molecule has 3 aliphatic rings. The van der Waals surface area contributed by atoms with Crippen LogP contribution in [0.4, 0.5) is 8.78 Å². The normalized spacial score (nSPS) is 30.9. The van der Waals surface area contributed by atoms with E-state index in [4.69, 9.17) is 4.74 Å². The molecule has 0 bridgehead atoms. The SMILES string of the molecule is C=CCCc1c(F)cc(OC(=O)C2CCC(C3CCC4CC(CCCC)CCC4C3)CC2)cc1F. The lowest BCUT2D eigenvalue weighted by Crippen LogP contribution is -2.35. The Morgan fingerprint density at radius 2 is 1.54 bits per heavy atom. The number of hydrogen-bond acceptors (Lipinski definition) is 2. The molecule has 0 radical (unpaired) electrons. The van der Waals surface area contributed by atoms with Gasteiger partial charge in [-0.3, -0.25) is 4.79 Å². The van der Waals surface area contributed by atoms with Crippen molar-refractivity contribution in [2.75, 3.05) is 0 Å². The molecule has 0 aliphatic heterocycles. The van der Waals surface area contributed by atoms with Gasteiger partial charge in [-0.2, -0.15) is 0 Å². The third kappa shape index (κ3) is 6.74. The number of carbonyl (C=O) groups is 1. The summed E-state index contributed by atoms with van der Waals surface area (Å²) in [5.74, 6) is 2.54. The molecule has 3 aliphatic carbocycles. The lowest BCUT2D eigenvalue weighted by molar-refractivity contribution is -0.140. The first kappa shape index (κ1) is 26.4. The van der Waals surface area contributed by atoms with Gasteiger partial charge in [0.25, 0.3) is 0 Å². The molecule has 4 rings (SSSR count). The first-order valence-electron chi connectivity index (χ1n) is 14.3. The van der Waals surface area contributed by atoms with Crippen LogP contribution in [0.1, 0.15) is 102 Å². The van der Waals surface area contributed by atoms with Crippen molar-refractivity contribution in [3.8, 4) is 5.75 Å². The Morgan fingerprint density at radius 3 is 2.20 bits per heavy atom. The van der Waals surface area contributed by atoms with Crippen molar-refractivity contribution in [2.45, 2.75) is 103 Å². The molecule has 194 valence electrons. The Kier molecular flexibility index (Phi) is 9.41. The zero-order valence-electron chi connectivity index (χ0n) is 21.6. The van der Waals surface area contributed by atoms with Crippen LogP contribution in [0.25, 0.3) is 0 Å². The molecule has 0 heterocycles. The molecule has 35 heavy (non-hydrogen) atoms. The van der Waals surface area contributed by atoms with Gasteiger partial charge in [-0.15, -0.1) is 6.58 Å². The number of esters is 1. The van der Waals surface area contributed by atoms with E-state index in [1.54, 1.807) is 6.08 Å². The predicted octanol–water partition coefficient (Wildman–Crippen LogP) is 8.82. The summed E-state index contributed by atoms with van der Waals surface area (Å²) >= 11 is 0. The minimum Gasteiger partial charge on any atom is -0.426 e. The van der Waals surface area contributed by atoms with Gasteiger partial charge in [-0.25, -0.2) is 8.78 Å². The highest BCUT2D eigenvalue weighted by Crippen LogP contribution is 2.49. The van der Waals surface area contributed by atoms with Gasteiger partial charge in [0, 0.05) is 17.7 Å². The summed E-state index contributed by atoms with van der Waals surface area (Å²) in [5, 5.41) is 0. The van der Waals surface area contributed by atoms with Gasteiger partial charge in [0.1, 0.15) is 17.4 Å². The molecule has 3 fully saturated rings. The molecule has 4 atom stereocenters. The smallest absolute Gasteiger partial charge is 0.314 e. The summed E-state index contributed by atoms with van der Waals surface area (Å²) in [5.41, 5.74) is 0.0226. The third-order valence-electron chi connectivity index (χ3n) is 9.43. The van der Waals surface area contributed by atoms with Crippen LogP contribution in [0.3, 0.4) is 0 Å². The van der Waals surface area contributed by atoms with Crippen molar-refractivity contribution in [3.05, 3.63) is 42.0 Å². The maximum Gasteiger partial charge on any atom is 0.314 e. The van der Waals surface area contributed by atoms with E-state index < -0.39 is 11.6 Å². The number of hydrogen-bond donors (Lipinski definition) is 0. The van der Waals surface area contributed by atoms with Crippen LogP contribution in [0, 0.1) is 47.1 Å². The number of ether oxygens (including phenoxy) is 1. The minimum atomic E-state index is -0.659. The van der Waals surface area contributed by atoms with Gasteiger partial charge in [0.15, 0.2) is 0 Å². The lowest BCUT2D eigenvalue weighted by atomic mass is 9.60. The van der Waals surface area contributed by atoms with Crippen molar-refractivity contribution in [3.63, 3.8) is 0 Å². The summed E-state index contributed by atoms with van der Waals surface area (Å²) in [6.07, 6.45) is 18.8. The predicted molar refractivity (Wildman–Crippen MR) is 137 cm³/mol. The maximum atomic E-state index is 14.3. The molecule has 1 aromatic carbocycles. The van der Waals surface area contributed by atoms with Crippen LogP contribution in [0.5, 0.6) is 5.75 Å². The van der Waals surface area contributed by atoms with Gasteiger partial charge in [0.2, 0.25) is 0 Å². The Balaban J connectivity index is 1.23. The molecule has 0 saturated heterocycles. The van der Waals surface area contributed by atoms with Crippen LogP contribution in [-0.2, 0) is 11.2 Å². The van der Waals surface area contributed by atoms with Crippen LogP contribution >= 0.6 is 0 Å². The summed E-state index contributed by atoms with van der Waals surface area (Å²) in [4.78, 5) is 12.7. The molecular formula is C31H44F2O2. The number of rotatable bonds is 9. The highest BCUT2D eigenvalue weighted by atomic mass is 19.1. The van der Waals surface area contributed by atoms with E-state index in [1.807, 2.05) is 0 Å². The van der Waals surface area contributed by atoms with Crippen LogP contribution < -0.4 is 4.74 Å². The number of unbranched alkanes of at least 4 members (excludes halogenated alkanes) is 1. The molecule has 1 aromatic rings. The van der Waals surface area contributed by atoms with E-state index in [9.17, 15) is 13.6 Å². The molecule has 3 saturated carbocycles. The van der Waals surface area contributed by atoms with Gasteiger partial charge in [-0.1, -0.05) is 38.7 Å². The average Bonchev–Trinajstić information content (AvgIpc) is 2.86. The zero-order valence-corrected chi connectivity index (χ0v) is 21.6. The second-order valence-electron chi connectivity index (χ2n) is 11.6.